The third-order valence-corrected chi connectivity index (χ3v) is 3.40. The molecule has 0 saturated carbocycles. The van der Waals surface area contributed by atoms with Gasteiger partial charge in [-0.1, -0.05) is 12.1 Å². The molecule has 106 valence electrons. The van der Waals surface area contributed by atoms with Gasteiger partial charge in [-0.05, 0) is 30.3 Å². The second-order valence-electron chi connectivity index (χ2n) is 4.70. The van der Waals surface area contributed by atoms with Crippen molar-refractivity contribution in [2.24, 2.45) is 0 Å². The molecule has 0 spiro atoms. The summed E-state index contributed by atoms with van der Waals surface area (Å²) in [6.45, 7) is 0. The number of nitrogen functional groups attached to an aromatic ring is 1. The molecule has 1 aromatic heterocycles. The molecule has 1 heterocycles. The van der Waals surface area contributed by atoms with Crippen LogP contribution in [0.3, 0.4) is 0 Å². The zero-order chi connectivity index (χ0) is 14.8. The summed E-state index contributed by atoms with van der Waals surface area (Å²) in [5, 5.41) is 0.945. The van der Waals surface area contributed by atoms with Crippen LogP contribution >= 0.6 is 0 Å². The third-order valence-electron chi connectivity index (χ3n) is 3.40. The SMILES string of the molecule is COc1ccccc1N(C)c1ncnc2cc(N)ccc12. The molecule has 0 aliphatic rings. The van der Waals surface area contributed by atoms with Gasteiger partial charge in [0.05, 0.1) is 18.3 Å². The van der Waals surface area contributed by atoms with Gasteiger partial charge >= 0.3 is 0 Å². The number of nitrogens with zero attached hydrogens (tertiary/aromatic N) is 3. The summed E-state index contributed by atoms with van der Waals surface area (Å²) in [5.41, 5.74) is 8.26. The van der Waals surface area contributed by atoms with E-state index in [4.69, 9.17) is 10.5 Å². The van der Waals surface area contributed by atoms with E-state index in [1.54, 1.807) is 13.4 Å². The van der Waals surface area contributed by atoms with E-state index >= 15 is 0 Å². The van der Waals surface area contributed by atoms with Crippen molar-refractivity contribution in [3.63, 3.8) is 0 Å². The molecule has 0 aliphatic carbocycles. The molecule has 5 nitrogen and oxygen atoms in total. The van der Waals surface area contributed by atoms with Gasteiger partial charge in [0.2, 0.25) is 0 Å². The lowest BCUT2D eigenvalue weighted by Crippen LogP contribution is -2.13. The van der Waals surface area contributed by atoms with E-state index in [0.717, 1.165) is 28.2 Å². The van der Waals surface area contributed by atoms with Crippen LogP contribution < -0.4 is 15.4 Å². The van der Waals surface area contributed by atoms with Crippen LogP contribution in [-0.4, -0.2) is 24.1 Å². The Morgan fingerprint density at radius 2 is 1.90 bits per heavy atom. The number of fused-ring (bicyclic) bond motifs is 1. The number of rotatable bonds is 3. The normalized spacial score (nSPS) is 10.6. The van der Waals surface area contributed by atoms with Gasteiger partial charge in [-0.3, -0.25) is 0 Å². The number of methoxy groups -OCH3 is 1. The summed E-state index contributed by atoms with van der Waals surface area (Å²) in [6, 6.07) is 13.5. The zero-order valence-corrected chi connectivity index (χ0v) is 11.9. The zero-order valence-electron chi connectivity index (χ0n) is 11.9. The largest absolute Gasteiger partial charge is 0.495 e. The summed E-state index contributed by atoms with van der Waals surface area (Å²) >= 11 is 0. The van der Waals surface area contributed by atoms with Crippen molar-refractivity contribution in [3.8, 4) is 5.75 Å². The predicted octanol–water partition coefficient (Wildman–Crippen LogP) is 2.99. The Kier molecular flexibility index (Phi) is 3.31. The molecule has 0 unspecified atom stereocenters. The van der Waals surface area contributed by atoms with E-state index in [1.165, 1.54) is 0 Å². The highest BCUT2D eigenvalue weighted by Crippen LogP contribution is 2.34. The molecular formula is C16H16N4O. The van der Waals surface area contributed by atoms with E-state index in [9.17, 15) is 0 Å². The molecular weight excluding hydrogens is 264 g/mol. The highest BCUT2D eigenvalue weighted by molar-refractivity contribution is 5.93. The number of aromatic nitrogens is 2. The maximum atomic E-state index is 5.81. The van der Waals surface area contributed by atoms with Gasteiger partial charge in [0.15, 0.2) is 0 Å². The number of benzene rings is 2. The molecule has 2 aromatic carbocycles. The Labute approximate surface area is 123 Å². The molecule has 0 atom stereocenters. The summed E-state index contributed by atoms with van der Waals surface area (Å²) in [5.74, 6) is 1.60. The molecule has 5 heteroatoms. The standard InChI is InChI=1S/C16H16N4O/c1-20(14-5-3-4-6-15(14)21-2)16-12-8-7-11(17)9-13(12)18-10-19-16/h3-10H,17H2,1-2H3. The van der Waals surface area contributed by atoms with Crippen molar-refractivity contribution >= 4 is 28.1 Å². The third kappa shape index (κ3) is 2.33. The number of hydrogen-bond donors (Lipinski definition) is 1. The fourth-order valence-electron chi connectivity index (χ4n) is 2.35. The number of ether oxygens (including phenoxy) is 1. The molecule has 3 rings (SSSR count). The summed E-state index contributed by atoms with van der Waals surface area (Å²) in [6.07, 6.45) is 1.54. The van der Waals surface area contributed by atoms with Gasteiger partial charge in [-0.25, -0.2) is 9.97 Å². The van der Waals surface area contributed by atoms with Crippen LogP contribution in [0, 0.1) is 0 Å². The lowest BCUT2D eigenvalue weighted by atomic mass is 10.2. The molecule has 0 bridgehead atoms. The Morgan fingerprint density at radius 1 is 1.10 bits per heavy atom. The fraction of sp³-hybridized carbons (Fsp3) is 0.125. The van der Waals surface area contributed by atoms with E-state index in [-0.39, 0.29) is 0 Å². The maximum absolute atomic E-state index is 5.81. The lowest BCUT2D eigenvalue weighted by Gasteiger charge is -2.21. The van der Waals surface area contributed by atoms with E-state index in [2.05, 4.69) is 9.97 Å². The minimum Gasteiger partial charge on any atom is -0.495 e. The van der Waals surface area contributed by atoms with Crippen molar-refractivity contribution in [1.29, 1.82) is 0 Å². The Morgan fingerprint density at radius 3 is 2.71 bits per heavy atom. The van der Waals surface area contributed by atoms with Crippen LogP contribution in [0.2, 0.25) is 0 Å². The number of hydrogen-bond acceptors (Lipinski definition) is 5. The van der Waals surface area contributed by atoms with Crippen molar-refractivity contribution in [3.05, 3.63) is 48.8 Å². The van der Waals surface area contributed by atoms with Crippen molar-refractivity contribution < 1.29 is 4.74 Å². The molecule has 0 radical (unpaired) electrons. The average Bonchev–Trinajstić information content (AvgIpc) is 2.53. The van der Waals surface area contributed by atoms with Crippen molar-refractivity contribution in [2.45, 2.75) is 0 Å². The first kappa shape index (κ1) is 13.2. The second kappa shape index (κ2) is 5.28. The summed E-state index contributed by atoms with van der Waals surface area (Å²) in [4.78, 5) is 10.7. The van der Waals surface area contributed by atoms with Gasteiger partial charge in [-0.15, -0.1) is 0 Å². The number of para-hydroxylation sites is 2. The highest BCUT2D eigenvalue weighted by Gasteiger charge is 2.13. The van der Waals surface area contributed by atoms with Gasteiger partial charge in [0.25, 0.3) is 0 Å². The number of anilines is 3. The van der Waals surface area contributed by atoms with Gasteiger partial charge in [0.1, 0.15) is 17.9 Å². The smallest absolute Gasteiger partial charge is 0.144 e. The van der Waals surface area contributed by atoms with Crippen LogP contribution in [0.4, 0.5) is 17.2 Å². The first-order valence-corrected chi connectivity index (χ1v) is 6.57. The van der Waals surface area contributed by atoms with Gasteiger partial charge < -0.3 is 15.4 Å². The number of nitrogens with two attached hydrogens (primary N) is 1. The van der Waals surface area contributed by atoms with Gasteiger partial charge in [-0.2, -0.15) is 0 Å². The second-order valence-corrected chi connectivity index (χ2v) is 4.70. The molecule has 21 heavy (non-hydrogen) atoms. The monoisotopic (exact) mass is 280 g/mol. The first-order chi connectivity index (χ1) is 10.2. The lowest BCUT2D eigenvalue weighted by molar-refractivity contribution is 0.415. The average molecular weight is 280 g/mol. The minimum absolute atomic E-state index is 0.687. The molecule has 0 amide bonds. The van der Waals surface area contributed by atoms with Crippen molar-refractivity contribution in [2.75, 3.05) is 24.8 Å². The minimum atomic E-state index is 0.687. The summed E-state index contributed by atoms with van der Waals surface area (Å²) in [7, 11) is 3.61. The highest BCUT2D eigenvalue weighted by atomic mass is 16.5. The van der Waals surface area contributed by atoms with Crippen molar-refractivity contribution in [1.82, 2.24) is 9.97 Å². The maximum Gasteiger partial charge on any atom is 0.144 e. The molecule has 0 aliphatic heterocycles. The topological polar surface area (TPSA) is 64.3 Å². The van der Waals surface area contributed by atoms with Crippen LogP contribution in [0.1, 0.15) is 0 Å². The van der Waals surface area contributed by atoms with E-state index < -0.39 is 0 Å². The van der Waals surface area contributed by atoms with Gasteiger partial charge in [0, 0.05) is 18.1 Å². The van der Waals surface area contributed by atoms with E-state index in [0.29, 0.717) is 5.69 Å². The van der Waals surface area contributed by atoms with Crippen LogP contribution in [0.5, 0.6) is 5.75 Å². The molecule has 0 fully saturated rings. The molecule has 0 saturated heterocycles. The van der Waals surface area contributed by atoms with Crippen LogP contribution in [-0.2, 0) is 0 Å². The Balaban J connectivity index is 2.16. The van der Waals surface area contributed by atoms with Crippen LogP contribution in [0.25, 0.3) is 10.9 Å². The first-order valence-electron chi connectivity index (χ1n) is 6.57. The molecule has 3 aromatic rings. The summed E-state index contributed by atoms with van der Waals surface area (Å²) < 4.78 is 5.41. The predicted molar refractivity (Wildman–Crippen MR) is 85.0 cm³/mol. The van der Waals surface area contributed by atoms with E-state index in [1.807, 2.05) is 54.4 Å². The fourth-order valence-corrected chi connectivity index (χ4v) is 2.35. The van der Waals surface area contributed by atoms with Crippen LogP contribution in [0.15, 0.2) is 48.8 Å². The Bertz CT molecular complexity index is 788. The Hall–Kier alpha value is -2.82. The quantitative estimate of drug-likeness (QED) is 0.747. The molecule has 2 N–H and O–H groups in total.